The van der Waals surface area contributed by atoms with Crippen LogP contribution in [0.1, 0.15) is 37.8 Å². The molecule has 0 aliphatic carbocycles. The maximum Gasteiger partial charge on any atom is 0.222 e. The van der Waals surface area contributed by atoms with Crippen LogP contribution in [0.4, 0.5) is 0 Å². The molecule has 0 bridgehead atoms. The van der Waals surface area contributed by atoms with Crippen LogP contribution in [0.15, 0.2) is 12.1 Å². The summed E-state index contributed by atoms with van der Waals surface area (Å²) in [5, 5.41) is 0. The van der Waals surface area contributed by atoms with Crippen LogP contribution in [0, 0.1) is 5.92 Å². The van der Waals surface area contributed by atoms with Gasteiger partial charge in [0.15, 0.2) is 11.5 Å². The van der Waals surface area contributed by atoms with E-state index in [1.54, 1.807) is 14.2 Å². The second kappa shape index (κ2) is 7.62. The summed E-state index contributed by atoms with van der Waals surface area (Å²) in [4.78, 5) is 14.7. The zero-order valence-corrected chi connectivity index (χ0v) is 15.6. The van der Waals surface area contributed by atoms with Crippen molar-refractivity contribution in [1.82, 2.24) is 15.8 Å². The van der Waals surface area contributed by atoms with Gasteiger partial charge >= 0.3 is 0 Å². The van der Waals surface area contributed by atoms with Gasteiger partial charge in [-0.2, -0.15) is 0 Å². The molecule has 0 saturated carbocycles. The summed E-state index contributed by atoms with van der Waals surface area (Å²) in [5.74, 6) is 2.21. The molecule has 0 aromatic heterocycles. The molecule has 0 radical (unpaired) electrons. The van der Waals surface area contributed by atoms with Crippen LogP contribution in [0.5, 0.6) is 11.5 Å². The summed E-state index contributed by atoms with van der Waals surface area (Å²) in [6.45, 7) is 5.76. The molecule has 2 aliphatic rings. The van der Waals surface area contributed by atoms with E-state index < -0.39 is 0 Å². The number of benzene rings is 1. The SMILES string of the molecule is COc1cc2c(cc1OC)CN(C(=O)CCC1C(C)NNC1C)CC2. The first-order valence-electron chi connectivity index (χ1n) is 9.06. The van der Waals surface area contributed by atoms with Crippen molar-refractivity contribution in [2.45, 2.75) is 51.7 Å². The van der Waals surface area contributed by atoms with Gasteiger partial charge in [0.05, 0.1) is 14.2 Å². The number of carbonyl (C=O) groups is 1. The molecule has 1 saturated heterocycles. The summed E-state index contributed by atoms with van der Waals surface area (Å²) in [5.41, 5.74) is 8.92. The van der Waals surface area contributed by atoms with Gasteiger partial charge in [0, 0.05) is 31.6 Å². The highest BCUT2D eigenvalue weighted by Gasteiger charge is 2.31. The standard InChI is InChI=1S/C19H29N3O3/c1-12-16(13(2)21-20-12)5-6-19(23)22-8-7-14-9-17(24-3)18(25-4)10-15(14)11-22/h9-10,12-13,16,20-21H,5-8,11H2,1-4H3. The van der Waals surface area contributed by atoms with Crippen LogP contribution in [0.25, 0.3) is 0 Å². The predicted molar refractivity (Wildman–Crippen MR) is 96.6 cm³/mol. The van der Waals surface area contributed by atoms with Gasteiger partial charge in [-0.25, -0.2) is 0 Å². The zero-order chi connectivity index (χ0) is 18.0. The Bertz CT molecular complexity index is 625. The number of carbonyl (C=O) groups excluding carboxylic acids is 1. The molecular formula is C19H29N3O3. The first kappa shape index (κ1) is 18.0. The second-order valence-corrected chi connectivity index (χ2v) is 7.11. The molecule has 0 spiro atoms. The van der Waals surface area contributed by atoms with E-state index >= 15 is 0 Å². The second-order valence-electron chi connectivity index (χ2n) is 7.11. The van der Waals surface area contributed by atoms with Gasteiger partial charge in [-0.1, -0.05) is 0 Å². The number of amides is 1. The van der Waals surface area contributed by atoms with Gasteiger partial charge in [0.2, 0.25) is 5.91 Å². The van der Waals surface area contributed by atoms with E-state index in [-0.39, 0.29) is 5.91 Å². The first-order chi connectivity index (χ1) is 12.0. The van der Waals surface area contributed by atoms with Gasteiger partial charge in [-0.15, -0.1) is 0 Å². The van der Waals surface area contributed by atoms with E-state index in [0.29, 0.717) is 31.0 Å². The van der Waals surface area contributed by atoms with E-state index in [9.17, 15) is 4.79 Å². The third-order valence-electron chi connectivity index (χ3n) is 5.59. The molecule has 1 aromatic carbocycles. The first-order valence-corrected chi connectivity index (χ1v) is 9.06. The van der Waals surface area contributed by atoms with Crippen LogP contribution < -0.4 is 20.3 Å². The molecule has 1 aromatic rings. The van der Waals surface area contributed by atoms with E-state index in [1.807, 2.05) is 17.0 Å². The Morgan fingerprint density at radius 1 is 1.12 bits per heavy atom. The van der Waals surface area contributed by atoms with Crippen molar-refractivity contribution in [1.29, 1.82) is 0 Å². The molecule has 2 N–H and O–H groups in total. The fourth-order valence-corrected chi connectivity index (χ4v) is 3.95. The number of rotatable bonds is 5. The number of ether oxygens (including phenoxy) is 2. The Morgan fingerprint density at radius 2 is 1.72 bits per heavy atom. The molecular weight excluding hydrogens is 318 g/mol. The topological polar surface area (TPSA) is 62.8 Å². The Kier molecular flexibility index (Phi) is 5.49. The molecule has 2 heterocycles. The number of nitrogens with zero attached hydrogens (tertiary/aromatic N) is 1. The van der Waals surface area contributed by atoms with Gasteiger partial charge in [-0.3, -0.25) is 15.6 Å². The molecule has 1 amide bonds. The predicted octanol–water partition coefficient (Wildman–Crippen LogP) is 1.87. The van der Waals surface area contributed by atoms with Crippen LogP contribution in [-0.4, -0.2) is 43.7 Å². The lowest BCUT2D eigenvalue weighted by atomic mass is 9.91. The maximum absolute atomic E-state index is 12.7. The molecule has 25 heavy (non-hydrogen) atoms. The molecule has 3 rings (SSSR count). The van der Waals surface area contributed by atoms with E-state index in [1.165, 1.54) is 5.56 Å². The summed E-state index contributed by atoms with van der Waals surface area (Å²) >= 11 is 0. The van der Waals surface area contributed by atoms with E-state index in [0.717, 1.165) is 36.4 Å². The highest BCUT2D eigenvalue weighted by Crippen LogP contribution is 2.33. The lowest BCUT2D eigenvalue weighted by Crippen LogP contribution is -2.36. The van der Waals surface area contributed by atoms with E-state index in [2.05, 4.69) is 24.7 Å². The Labute approximate surface area is 149 Å². The van der Waals surface area contributed by atoms with Crippen molar-refractivity contribution >= 4 is 5.91 Å². The minimum absolute atomic E-state index is 0.242. The fourth-order valence-electron chi connectivity index (χ4n) is 3.95. The Balaban J connectivity index is 1.63. The largest absolute Gasteiger partial charge is 0.493 e. The number of fused-ring (bicyclic) bond motifs is 1. The number of nitrogens with one attached hydrogen (secondary N) is 2. The van der Waals surface area contributed by atoms with Crippen molar-refractivity contribution in [2.24, 2.45) is 5.92 Å². The fraction of sp³-hybridized carbons (Fsp3) is 0.632. The quantitative estimate of drug-likeness (QED) is 0.851. The highest BCUT2D eigenvalue weighted by atomic mass is 16.5. The van der Waals surface area contributed by atoms with Crippen molar-refractivity contribution < 1.29 is 14.3 Å². The summed E-state index contributed by atoms with van der Waals surface area (Å²) in [7, 11) is 3.29. The molecule has 2 unspecified atom stereocenters. The van der Waals surface area contributed by atoms with E-state index in [4.69, 9.17) is 9.47 Å². The van der Waals surface area contributed by atoms with Crippen molar-refractivity contribution in [2.75, 3.05) is 20.8 Å². The smallest absolute Gasteiger partial charge is 0.222 e. The number of hydrogen-bond donors (Lipinski definition) is 2. The highest BCUT2D eigenvalue weighted by molar-refractivity contribution is 5.76. The van der Waals surface area contributed by atoms with Crippen LogP contribution in [-0.2, 0) is 17.8 Å². The molecule has 2 aliphatic heterocycles. The Morgan fingerprint density at radius 3 is 2.32 bits per heavy atom. The third kappa shape index (κ3) is 3.75. The molecule has 2 atom stereocenters. The monoisotopic (exact) mass is 347 g/mol. The van der Waals surface area contributed by atoms with Gasteiger partial charge in [0.1, 0.15) is 0 Å². The lowest BCUT2D eigenvalue weighted by Gasteiger charge is -2.30. The summed E-state index contributed by atoms with van der Waals surface area (Å²) in [6.07, 6.45) is 2.38. The normalized spacial score (nSPS) is 25.6. The van der Waals surface area contributed by atoms with Crippen LogP contribution >= 0.6 is 0 Å². The van der Waals surface area contributed by atoms with Crippen molar-refractivity contribution in [3.63, 3.8) is 0 Å². The number of hydrazine groups is 1. The average molecular weight is 347 g/mol. The van der Waals surface area contributed by atoms with Crippen LogP contribution in [0.3, 0.4) is 0 Å². The lowest BCUT2D eigenvalue weighted by molar-refractivity contribution is -0.132. The summed E-state index contributed by atoms with van der Waals surface area (Å²) in [6, 6.07) is 4.85. The van der Waals surface area contributed by atoms with Crippen LogP contribution in [0.2, 0.25) is 0 Å². The molecule has 138 valence electrons. The minimum Gasteiger partial charge on any atom is -0.493 e. The maximum atomic E-state index is 12.7. The van der Waals surface area contributed by atoms with Crippen molar-refractivity contribution in [3.05, 3.63) is 23.3 Å². The minimum atomic E-state index is 0.242. The zero-order valence-electron chi connectivity index (χ0n) is 15.6. The van der Waals surface area contributed by atoms with Gasteiger partial charge < -0.3 is 14.4 Å². The summed E-state index contributed by atoms with van der Waals surface area (Å²) < 4.78 is 10.8. The molecule has 6 nitrogen and oxygen atoms in total. The van der Waals surface area contributed by atoms with Crippen molar-refractivity contribution in [3.8, 4) is 11.5 Å². The Hall–Kier alpha value is -1.79. The number of methoxy groups -OCH3 is 2. The molecule has 1 fully saturated rings. The average Bonchev–Trinajstić information content (AvgIpc) is 2.95. The number of hydrogen-bond acceptors (Lipinski definition) is 5. The van der Waals surface area contributed by atoms with Gasteiger partial charge in [-0.05, 0) is 55.9 Å². The van der Waals surface area contributed by atoms with Gasteiger partial charge in [0.25, 0.3) is 0 Å². The molecule has 6 heteroatoms. The third-order valence-corrected chi connectivity index (χ3v) is 5.59.